The smallest absolute Gasteiger partial charge is 0.157 e. The maximum Gasteiger partial charge on any atom is 0.157 e. The van der Waals surface area contributed by atoms with Crippen LogP contribution in [0.15, 0.2) is 18.2 Å². The first kappa shape index (κ1) is 15.7. The van der Waals surface area contributed by atoms with Crippen LogP contribution in [-0.4, -0.2) is 17.0 Å². The molecule has 0 spiro atoms. The van der Waals surface area contributed by atoms with Crippen LogP contribution in [0.25, 0.3) is 0 Å². The summed E-state index contributed by atoms with van der Waals surface area (Å²) in [5.41, 5.74) is 4.10. The summed E-state index contributed by atoms with van der Waals surface area (Å²) in [5, 5.41) is 11.5. The van der Waals surface area contributed by atoms with Gasteiger partial charge in [0.1, 0.15) is 0 Å². The standard InChI is InChI=1S/C17H27NO/c1-13(2)11-16-8-9-17(15(5)12-16)7-6-10-18(19)14(3)4/h8-10,12-14H,6-7,11H2,1-5H3/b18-10+. The van der Waals surface area contributed by atoms with Gasteiger partial charge < -0.3 is 5.21 Å². The number of aryl methyl sites for hydroxylation is 2. The number of nitrogens with zero attached hydrogens (tertiary/aromatic N) is 1. The molecular formula is C17H27NO. The molecule has 0 unspecified atom stereocenters. The van der Waals surface area contributed by atoms with E-state index in [1.54, 1.807) is 6.21 Å². The Labute approximate surface area is 117 Å². The first-order chi connectivity index (χ1) is 8.90. The van der Waals surface area contributed by atoms with Crippen molar-refractivity contribution in [3.8, 4) is 0 Å². The lowest BCUT2D eigenvalue weighted by Gasteiger charge is -2.10. The molecule has 0 atom stereocenters. The van der Waals surface area contributed by atoms with E-state index in [1.165, 1.54) is 16.7 Å². The highest BCUT2D eigenvalue weighted by atomic mass is 16.5. The third kappa shape index (κ3) is 5.46. The monoisotopic (exact) mass is 261 g/mol. The molecule has 0 bridgehead atoms. The highest BCUT2D eigenvalue weighted by Crippen LogP contribution is 2.15. The van der Waals surface area contributed by atoms with Crippen LogP contribution >= 0.6 is 0 Å². The van der Waals surface area contributed by atoms with Gasteiger partial charge in [-0.3, -0.25) is 0 Å². The molecule has 0 amide bonds. The molecule has 2 nitrogen and oxygen atoms in total. The van der Waals surface area contributed by atoms with Gasteiger partial charge in [-0.2, -0.15) is 0 Å². The highest BCUT2D eigenvalue weighted by molar-refractivity contribution is 5.52. The van der Waals surface area contributed by atoms with E-state index in [-0.39, 0.29) is 6.04 Å². The summed E-state index contributed by atoms with van der Waals surface area (Å²) >= 11 is 0. The fourth-order valence-electron chi connectivity index (χ4n) is 2.19. The maximum absolute atomic E-state index is 11.5. The summed E-state index contributed by atoms with van der Waals surface area (Å²) in [6.45, 7) is 10.5. The zero-order valence-electron chi connectivity index (χ0n) is 12.9. The van der Waals surface area contributed by atoms with Crippen LogP contribution in [0.3, 0.4) is 0 Å². The van der Waals surface area contributed by atoms with Crippen molar-refractivity contribution in [3.63, 3.8) is 0 Å². The lowest BCUT2D eigenvalue weighted by Crippen LogP contribution is -2.14. The van der Waals surface area contributed by atoms with Gasteiger partial charge in [0.15, 0.2) is 12.3 Å². The Morgan fingerprint density at radius 3 is 2.42 bits per heavy atom. The second-order valence-electron chi connectivity index (χ2n) is 6.03. The van der Waals surface area contributed by atoms with Crippen LogP contribution in [-0.2, 0) is 12.8 Å². The predicted octanol–water partition coefficient (Wildman–Crippen LogP) is 4.12. The summed E-state index contributed by atoms with van der Waals surface area (Å²) in [6.07, 6.45) is 4.65. The first-order valence-corrected chi connectivity index (χ1v) is 7.27. The molecule has 0 fully saturated rings. The number of hydrogen-bond acceptors (Lipinski definition) is 1. The molecule has 1 aromatic rings. The van der Waals surface area contributed by atoms with Crippen molar-refractivity contribution in [1.82, 2.24) is 0 Å². The lowest BCUT2D eigenvalue weighted by atomic mass is 9.97. The van der Waals surface area contributed by atoms with Crippen LogP contribution in [0, 0.1) is 18.0 Å². The molecule has 1 rings (SSSR count). The summed E-state index contributed by atoms with van der Waals surface area (Å²) in [5.74, 6) is 0.693. The van der Waals surface area contributed by atoms with Gasteiger partial charge in [-0.05, 0) is 56.2 Å². The van der Waals surface area contributed by atoms with Gasteiger partial charge in [-0.15, -0.1) is 0 Å². The molecule has 0 aliphatic rings. The SMILES string of the molecule is Cc1cc(CC(C)C)ccc1CC/C=[N+](/[O-])C(C)C. The molecule has 0 aliphatic carbocycles. The van der Waals surface area contributed by atoms with Crippen molar-refractivity contribution in [2.24, 2.45) is 5.92 Å². The van der Waals surface area contributed by atoms with Crippen LogP contribution in [0.5, 0.6) is 0 Å². The molecule has 19 heavy (non-hydrogen) atoms. The van der Waals surface area contributed by atoms with Crippen LogP contribution in [0.2, 0.25) is 0 Å². The van der Waals surface area contributed by atoms with Crippen molar-refractivity contribution < 1.29 is 4.74 Å². The number of benzene rings is 1. The third-order valence-corrected chi connectivity index (χ3v) is 3.28. The van der Waals surface area contributed by atoms with E-state index < -0.39 is 0 Å². The van der Waals surface area contributed by atoms with E-state index in [1.807, 2.05) is 13.8 Å². The van der Waals surface area contributed by atoms with E-state index >= 15 is 0 Å². The Balaban J connectivity index is 2.63. The average Bonchev–Trinajstić information content (AvgIpc) is 2.30. The molecule has 0 aromatic heterocycles. The fourth-order valence-corrected chi connectivity index (χ4v) is 2.19. The molecule has 0 N–H and O–H groups in total. The zero-order chi connectivity index (χ0) is 14.4. The van der Waals surface area contributed by atoms with Crippen molar-refractivity contribution in [2.45, 2.75) is 59.9 Å². The molecular weight excluding hydrogens is 234 g/mol. The van der Waals surface area contributed by atoms with Gasteiger partial charge in [-0.25, -0.2) is 4.74 Å². The highest BCUT2D eigenvalue weighted by Gasteiger charge is 2.04. The third-order valence-electron chi connectivity index (χ3n) is 3.28. The van der Waals surface area contributed by atoms with Gasteiger partial charge in [0.25, 0.3) is 0 Å². The Bertz CT molecular complexity index is 433. The molecule has 0 radical (unpaired) electrons. The number of hydrogen-bond donors (Lipinski definition) is 0. The zero-order valence-corrected chi connectivity index (χ0v) is 12.9. The van der Waals surface area contributed by atoms with E-state index in [4.69, 9.17) is 0 Å². The molecule has 2 heteroatoms. The number of hydroxylamine groups is 1. The second kappa shape index (κ2) is 7.32. The Morgan fingerprint density at radius 2 is 1.89 bits per heavy atom. The minimum absolute atomic E-state index is 0.0366. The Hall–Kier alpha value is -1.31. The van der Waals surface area contributed by atoms with Gasteiger partial charge in [0, 0.05) is 6.42 Å². The van der Waals surface area contributed by atoms with E-state index in [0.29, 0.717) is 5.92 Å². The lowest BCUT2D eigenvalue weighted by molar-refractivity contribution is -0.488. The van der Waals surface area contributed by atoms with Crippen molar-refractivity contribution in [2.75, 3.05) is 0 Å². The van der Waals surface area contributed by atoms with E-state index in [2.05, 4.69) is 39.0 Å². The minimum atomic E-state index is 0.0366. The van der Waals surface area contributed by atoms with Gasteiger partial charge >= 0.3 is 0 Å². The molecule has 1 aromatic carbocycles. The topological polar surface area (TPSA) is 26.1 Å². The molecule has 0 aliphatic heterocycles. The summed E-state index contributed by atoms with van der Waals surface area (Å²) in [4.78, 5) is 0. The molecule has 0 saturated heterocycles. The Kier molecular flexibility index (Phi) is 6.07. The summed E-state index contributed by atoms with van der Waals surface area (Å²) < 4.78 is 1.04. The Morgan fingerprint density at radius 1 is 1.21 bits per heavy atom. The van der Waals surface area contributed by atoms with Crippen LogP contribution < -0.4 is 0 Å². The minimum Gasteiger partial charge on any atom is -0.624 e. The van der Waals surface area contributed by atoms with Crippen molar-refractivity contribution >= 4 is 6.21 Å². The normalized spacial score (nSPS) is 12.5. The van der Waals surface area contributed by atoms with Gasteiger partial charge in [-0.1, -0.05) is 32.0 Å². The average molecular weight is 261 g/mol. The van der Waals surface area contributed by atoms with Gasteiger partial charge in [0.2, 0.25) is 0 Å². The van der Waals surface area contributed by atoms with Crippen LogP contribution in [0.4, 0.5) is 0 Å². The largest absolute Gasteiger partial charge is 0.624 e. The molecule has 0 heterocycles. The summed E-state index contributed by atoms with van der Waals surface area (Å²) in [7, 11) is 0. The predicted molar refractivity (Wildman–Crippen MR) is 82.9 cm³/mol. The van der Waals surface area contributed by atoms with Crippen LogP contribution in [0.1, 0.15) is 50.8 Å². The molecule has 106 valence electrons. The number of rotatable bonds is 6. The molecule has 0 saturated carbocycles. The van der Waals surface area contributed by atoms with Crippen molar-refractivity contribution in [1.29, 1.82) is 0 Å². The van der Waals surface area contributed by atoms with Crippen molar-refractivity contribution in [3.05, 3.63) is 40.1 Å². The van der Waals surface area contributed by atoms with Gasteiger partial charge in [0.05, 0.1) is 0 Å². The quantitative estimate of drug-likeness (QED) is 0.327. The summed E-state index contributed by atoms with van der Waals surface area (Å²) in [6, 6.07) is 6.76. The maximum atomic E-state index is 11.5. The fraction of sp³-hybridized carbons (Fsp3) is 0.588. The first-order valence-electron chi connectivity index (χ1n) is 7.27. The van der Waals surface area contributed by atoms with E-state index in [9.17, 15) is 5.21 Å². The second-order valence-corrected chi connectivity index (χ2v) is 6.03. The van der Waals surface area contributed by atoms with E-state index in [0.717, 1.165) is 24.0 Å².